The largest absolute Gasteiger partial charge is 0.477 e. The lowest BCUT2D eigenvalue weighted by Gasteiger charge is -2.13. The van der Waals surface area contributed by atoms with Crippen molar-refractivity contribution in [2.75, 3.05) is 0 Å². The van der Waals surface area contributed by atoms with Crippen molar-refractivity contribution in [1.82, 2.24) is 4.57 Å². The van der Waals surface area contributed by atoms with Crippen molar-refractivity contribution < 1.29 is 14.3 Å². The molecule has 1 aliphatic rings. The fraction of sp³-hybridized carbons (Fsp3) is 0.250. The van der Waals surface area contributed by atoms with Crippen LogP contribution in [0.25, 0.3) is 5.69 Å². The van der Waals surface area contributed by atoms with Gasteiger partial charge in [0.25, 0.3) is 5.56 Å². The van der Waals surface area contributed by atoms with Crippen LogP contribution in [-0.4, -0.2) is 15.6 Å². The summed E-state index contributed by atoms with van der Waals surface area (Å²) in [5, 5.41) is 9.32. The molecular formula is C16H14FNO3. The predicted octanol–water partition coefficient (Wildman–Crippen LogP) is 2.86. The van der Waals surface area contributed by atoms with E-state index >= 15 is 0 Å². The summed E-state index contributed by atoms with van der Waals surface area (Å²) in [6, 6.07) is 5.43. The van der Waals surface area contributed by atoms with Gasteiger partial charge < -0.3 is 5.11 Å². The van der Waals surface area contributed by atoms with Gasteiger partial charge in [0.15, 0.2) is 0 Å². The fourth-order valence-corrected chi connectivity index (χ4v) is 2.57. The van der Waals surface area contributed by atoms with Crippen molar-refractivity contribution in [2.45, 2.75) is 25.7 Å². The molecule has 1 heterocycles. The normalized spacial score (nSPS) is 14.2. The summed E-state index contributed by atoms with van der Waals surface area (Å²) >= 11 is 0. The zero-order chi connectivity index (χ0) is 15.1. The topological polar surface area (TPSA) is 59.3 Å². The van der Waals surface area contributed by atoms with E-state index in [0.29, 0.717) is 17.2 Å². The number of rotatable bonds is 3. The van der Waals surface area contributed by atoms with Gasteiger partial charge in [0, 0.05) is 11.9 Å². The number of carbonyl (C=O) groups is 1. The Morgan fingerprint density at radius 3 is 2.43 bits per heavy atom. The molecule has 21 heavy (non-hydrogen) atoms. The van der Waals surface area contributed by atoms with Crippen LogP contribution in [0.4, 0.5) is 4.39 Å². The maximum Gasteiger partial charge on any atom is 0.341 e. The minimum absolute atomic E-state index is 0.205. The number of benzene rings is 1. The zero-order valence-electron chi connectivity index (χ0n) is 11.5. The lowest BCUT2D eigenvalue weighted by atomic mass is 10.0. The molecule has 1 saturated carbocycles. The van der Waals surface area contributed by atoms with Crippen LogP contribution in [0.1, 0.15) is 40.2 Å². The van der Waals surface area contributed by atoms with Gasteiger partial charge in [0.05, 0.1) is 0 Å². The van der Waals surface area contributed by atoms with Crippen LogP contribution < -0.4 is 5.56 Å². The van der Waals surface area contributed by atoms with E-state index in [1.165, 1.54) is 28.8 Å². The number of hydrogen-bond donors (Lipinski definition) is 1. The van der Waals surface area contributed by atoms with E-state index in [-0.39, 0.29) is 5.56 Å². The Kier molecular flexibility index (Phi) is 3.12. The van der Waals surface area contributed by atoms with Crippen molar-refractivity contribution in [1.29, 1.82) is 0 Å². The molecule has 0 aliphatic heterocycles. The van der Waals surface area contributed by atoms with E-state index < -0.39 is 17.3 Å². The standard InChI is InChI=1S/C16H14FNO3/c1-9-13(10-2-3-10)8-18(15(19)14(9)16(20)21)12-6-4-11(17)5-7-12/h4-8,10H,2-3H2,1H3,(H,20,21). The van der Waals surface area contributed by atoms with Gasteiger partial charge in [-0.3, -0.25) is 9.36 Å². The lowest BCUT2D eigenvalue weighted by Crippen LogP contribution is -2.27. The van der Waals surface area contributed by atoms with Crippen LogP contribution in [0.3, 0.4) is 0 Å². The molecule has 1 fully saturated rings. The summed E-state index contributed by atoms with van der Waals surface area (Å²) < 4.78 is 14.3. The third-order valence-electron chi connectivity index (χ3n) is 3.84. The van der Waals surface area contributed by atoms with Crippen molar-refractivity contribution in [3.8, 4) is 5.69 Å². The molecule has 1 aromatic heterocycles. The molecule has 1 aromatic carbocycles. The number of carboxylic acids is 1. The minimum Gasteiger partial charge on any atom is -0.477 e. The summed E-state index contributed by atoms with van der Waals surface area (Å²) in [6.07, 6.45) is 3.69. The Bertz CT molecular complexity index is 773. The van der Waals surface area contributed by atoms with Gasteiger partial charge in [0.2, 0.25) is 0 Å². The summed E-state index contributed by atoms with van der Waals surface area (Å²) in [4.78, 5) is 23.8. The summed E-state index contributed by atoms with van der Waals surface area (Å²) in [7, 11) is 0. The van der Waals surface area contributed by atoms with Crippen molar-refractivity contribution in [3.05, 3.63) is 63.3 Å². The van der Waals surface area contributed by atoms with Crippen LogP contribution in [-0.2, 0) is 0 Å². The SMILES string of the molecule is Cc1c(C2CC2)cn(-c2ccc(F)cc2)c(=O)c1C(=O)O. The summed E-state index contributed by atoms with van der Waals surface area (Å²) in [6.45, 7) is 1.67. The Hall–Kier alpha value is -2.43. The highest BCUT2D eigenvalue weighted by Gasteiger charge is 2.29. The molecule has 2 aromatic rings. The molecule has 0 amide bonds. The second-order valence-electron chi connectivity index (χ2n) is 5.32. The molecule has 1 aliphatic carbocycles. The highest BCUT2D eigenvalue weighted by atomic mass is 19.1. The van der Waals surface area contributed by atoms with Crippen LogP contribution in [0.5, 0.6) is 0 Å². The highest BCUT2D eigenvalue weighted by molar-refractivity contribution is 5.89. The molecule has 0 saturated heterocycles. The number of aromatic carboxylic acids is 1. The molecule has 0 spiro atoms. The smallest absolute Gasteiger partial charge is 0.341 e. The number of nitrogens with zero attached hydrogens (tertiary/aromatic N) is 1. The quantitative estimate of drug-likeness (QED) is 0.944. The Balaban J connectivity index is 2.27. The molecule has 5 heteroatoms. The monoisotopic (exact) mass is 287 g/mol. The minimum atomic E-state index is -1.23. The number of pyridine rings is 1. The molecule has 3 rings (SSSR count). The van der Waals surface area contributed by atoms with E-state index in [1.54, 1.807) is 13.1 Å². The molecule has 0 unspecified atom stereocenters. The van der Waals surface area contributed by atoms with Crippen molar-refractivity contribution in [2.24, 2.45) is 0 Å². The van der Waals surface area contributed by atoms with Crippen molar-refractivity contribution >= 4 is 5.97 Å². The first kappa shape index (κ1) is 13.5. The van der Waals surface area contributed by atoms with E-state index in [2.05, 4.69) is 0 Å². The predicted molar refractivity (Wildman–Crippen MR) is 75.7 cm³/mol. The maximum absolute atomic E-state index is 13.0. The maximum atomic E-state index is 13.0. The van der Waals surface area contributed by atoms with E-state index in [4.69, 9.17) is 0 Å². The third-order valence-corrected chi connectivity index (χ3v) is 3.84. The zero-order valence-corrected chi connectivity index (χ0v) is 11.5. The molecule has 108 valence electrons. The molecular weight excluding hydrogens is 273 g/mol. The van der Waals surface area contributed by atoms with E-state index in [9.17, 15) is 19.1 Å². The van der Waals surface area contributed by atoms with Crippen molar-refractivity contribution in [3.63, 3.8) is 0 Å². The van der Waals surface area contributed by atoms with Gasteiger partial charge in [-0.15, -0.1) is 0 Å². The fourth-order valence-electron chi connectivity index (χ4n) is 2.57. The molecule has 4 nitrogen and oxygen atoms in total. The molecule has 0 radical (unpaired) electrons. The first-order valence-electron chi connectivity index (χ1n) is 6.74. The Morgan fingerprint density at radius 1 is 1.29 bits per heavy atom. The highest BCUT2D eigenvalue weighted by Crippen LogP contribution is 2.41. The average Bonchev–Trinajstić information content (AvgIpc) is 3.24. The Morgan fingerprint density at radius 2 is 1.90 bits per heavy atom. The number of halogens is 1. The van der Waals surface area contributed by atoms with E-state index in [1.807, 2.05) is 0 Å². The van der Waals surface area contributed by atoms with Crippen LogP contribution in [0, 0.1) is 12.7 Å². The van der Waals surface area contributed by atoms with Crippen LogP contribution in [0.15, 0.2) is 35.3 Å². The van der Waals surface area contributed by atoms with Crippen LogP contribution in [0.2, 0.25) is 0 Å². The second-order valence-corrected chi connectivity index (χ2v) is 5.32. The first-order valence-corrected chi connectivity index (χ1v) is 6.74. The first-order chi connectivity index (χ1) is 9.99. The van der Waals surface area contributed by atoms with Gasteiger partial charge >= 0.3 is 5.97 Å². The third kappa shape index (κ3) is 2.35. The molecule has 0 atom stereocenters. The molecule has 1 N–H and O–H groups in total. The number of carboxylic acid groups (broad SMARTS) is 1. The summed E-state index contributed by atoms with van der Waals surface area (Å²) in [5.41, 5.74) is 1.09. The lowest BCUT2D eigenvalue weighted by molar-refractivity contribution is 0.0693. The molecule has 0 bridgehead atoms. The van der Waals surface area contributed by atoms with Gasteiger partial charge in [-0.05, 0) is 61.1 Å². The van der Waals surface area contributed by atoms with Gasteiger partial charge in [-0.25, -0.2) is 9.18 Å². The van der Waals surface area contributed by atoms with Crippen LogP contribution >= 0.6 is 0 Å². The summed E-state index contributed by atoms with van der Waals surface area (Å²) in [5.74, 6) is -1.31. The number of hydrogen-bond acceptors (Lipinski definition) is 2. The second kappa shape index (κ2) is 4.84. The van der Waals surface area contributed by atoms with Gasteiger partial charge in [-0.1, -0.05) is 0 Å². The number of aromatic nitrogens is 1. The van der Waals surface area contributed by atoms with E-state index in [0.717, 1.165) is 18.4 Å². The average molecular weight is 287 g/mol. The van der Waals surface area contributed by atoms with Gasteiger partial charge in [0.1, 0.15) is 11.4 Å². The Labute approximate surface area is 120 Å². The van der Waals surface area contributed by atoms with Gasteiger partial charge in [-0.2, -0.15) is 0 Å².